The van der Waals surface area contributed by atoms with Crippen LogP contribution >= 0.6 is 0 Å². The van der Waals surface area contributed by atoms with Crippen LogP contribution in [-0.2, 0) is 0 Å². The third-order valence-corrected chi connectivity index (χ3v) is 3.25. The summed E-state index contributed by atoms with van der Waals surface area (Å²) >= 11 is 0. The Kier molecular flexibility index (Phi) is 4.86. The second kappa shape index (κ2) is 6.62. The molecular formula is C16H23NO2. The topological polar surface area (TPSA) is 30.5 Å². The Hall–Kier alpha value is -1.48. The first-order valence-corrected chi connectivity index (χ1v) is 6.95. The van der Waals surface area contributed by atoms with Crippen LogP contribution in [0.2, 0.25) is 0 Å². The van der Waals surface area contributed by atoms with Crippen molar-refractivity contribution in [3.63, 3.8) is 0 Å². The van der Waals surface area contributed by atoms with E-state index in [-0.39, 0.29) is 0 Å². The van der Waals surface area contributed by atoms with Crippen LogP contribution in [0.25, 0.3) is 6.08 Å². The Labute approximate surface area is 115 Å². The van der Waals surface area contributed by atoms with Gasteiger partial charge in [0.2, 0.25) is 0 Å². The van der Waals surface area contributed by atoms with Gasteiger partial charge in [0.25, 0.3) is 0 Å². The SMILES string of the molecule is CNCC(=Cc1ccc2c(c1)OCCCO2)C(C)C. The van der Waals surface area contributed by atoms with Gasteiger partial charge in [-0.1, -0.05) is 31.6 Å². The Bertz CT molecular complexity index is 452. The van der Waals surface area contributed by atoms with Crippen LogP contribution in [0.1, 0.15) is 25.8 Å². The molecule has 0 aromatic heterocycles. The lowest BCUT2D eigenvalue weighted by molar-refractivity contribution is 0.297. The minimum absolute atomic E-state index is 0.531. The molecule has 1 aliphatic heterocycles. The van der Waals surface area contributed by atoms with Gasteiger partial charge in [0.1, 0.15) is 0 Å². The first-order chi connectivity index (χ1) is 9.20. The zero-order valence-electron chi connectivity index (χ0n) is 12.0. The smallest absolute Gasteiger partial charge is 0.161 e. The fourth-order valence-electron chi connectivity index (χ4n) is 2.11. The van der Waals surface area contributed by atoms with Gasteiger partial charge in [-0.05, 0) is 30.7 Å². The minimum atomic E-state index is 0.531. The second-order valence-corrected chi connectivity index (χ2v) is 5.16. The van der Waals surface area contributed by atoms with Crippen molar-refractivity contribution in [1.29, 1.82) is 0 Å². The molecule has 1 aromatic rings. The number of fused-ring (bicyclic) bond motifs is 1. The molecule has 0 atom stereocenters. The van der Waals surface area contributed by atoms with E-state index in [4.69, 9.17) is 9.47 Å². The highest BCUT2D eigenvalue weighted by Crippen LogP contribution is 2.31. The highest BCUT2D eigenvalue weighted by atomic mass is 16.5. The van der Waals surface area contributed by atoms with E-state index in [1.54, 1.807) is 0 Å². The fourth-order valence-corrected chi connectivity index (χ4v) is 2.11. The van der Waals surface area contributed by atoms with E-state index in [2.05, 4.69) is 37.4 Å². The van der Waals surface area contributed by atoms with Gasteiger partial charge in [-0.2, -0.15) is 0 Å². The molecule has 0 aliphatic carbocycles. The molecule has 0 unspecified atom stereocenters. The van der Waals surface area contributed by atoms with Crippen molar-refractivity contribution in [2.75, 3.05) is 26.8 Å². The molecular weight excluding hydrogens is 238 g/mol. The van der Waals surface area contributed by atoms with Crippen LogP contribution in [0.15, 0.2) is 23.8 Å². The number of hydrogen-bond donors (Lipinski definition) is 1. The molecule has 0 saturated heterocycles. The van der Waals surface area contributed by atoms with Crippen LogP contribution in [0, 0.1) is 5.92 Å². The molecule has 0 fully saturated rings. The van der Waals surface area contributed by atoms with Crippen molar-refractivity contribution in [3.8, 4) is 11.5 Å². The number of nitrogens with one attached hydrogen (secondary N) is 1. The standard InChI is InChI=1S/C16H23NO2/c1-12(2)14(11-17-3)9-13-5-6-15-16(10-13)19-8-4-7-18-15/h5-6,9-10,12,17H,4,7-8,11H2,1-3H3. The molecule has 1 N–H and O–H groups in total. The summed E-state index contributed by atoms with van der Waals surface area (Å²) in [6.07, 6.45) is 3.17. The third-order valence-electron chi connectivity index (χ3n) is 3.25. The van der Waals surface area contributed by atoms with E-state index in [1.165, 1.54) is 11.1 Å². The van der Waals surface area contributed by atoms with E-state index < -0.39 is 0 Å². The van der Waals surface area contributed by atoms with Crippen molar-refractivity contribution >= 4 is 6.08 Å². The Morgan fingerprint density at radius 2 is 2.00 bits per heavy atom. The molecule has 3 heteroatoms. The van der Waals surface area contributed by atoms with Gasteiger partial charge in [-0.15, -0.1) is 0 Å². The maximum atomic E-state index is 5.72. The van der Waals surface area contributed by atoms with Gasteiger partial charge >= 0.3 is 0 Å². The summed E-state index contributed by atoms with van der Waals surface area (Å²) in [7, 11) is 1.98. The van der Waals surface area contributed by atoms with E-state index in [0.717, 1.165) is 37.7 Å². The largest absolute Gasteiger partial charge is 0.490 e. The number of hydrogen-bond acceptors (Lipinski definition) is 3. The molecule has 1 heterocycles. The molecule has 104 valence electrons. The minimum Gasteiger partial charge on any atom is -0.490 e. The fraction of sp³-hybridized carbons (Fsp3) is 0.500. The van der Waals surface area contributed by atoms with Crippen LogP contribution in [0.5, 0.6) is 11.5 Å². The molecule has 1 aliphatic rings. The summed E-state index contributed by atoms with van der Waals surface area (Å²) in [6, 6.07) is 6.16. The van der Waals surface area contributed by atoms with Crippen molar-refractivity contribution in [2.45, 2.75) is 20.3 Å². The van der Waals surface area contributed by atoms with Crippen molar-refractivity contribution in [3.05, 3.63) is 29.3 Å². The van der Waals surface area contributed by atoms with Crippen molar-refractivity contribution in [1.82, 2.24) is 5.32 Å². The molecule has 0 saturated carbocycles. The van der Waals surface area contributed by atoms with Crippen LogP contribution in [0.3, 0.4) is 0 Å². The number of ether oxygens (including phenoxy) is 2. The summed E-state index contributed by atoms with van der Waals surface area (Å²) in [5, 5.41) is 3.22. The lowest BCUT2D eigenvalue weighted by atomic mass is 10.00. The molecule has 0 amide bonds. The predicted molar refractivity (Wildman–Crippen MR) is 78.8 cm³/mol. The van der Waals surface area contributed by atoms with E-state index in [1.807, 2.05) is 13.1 Å². The van der Waals surface area contributed by atoms with Gasteiger partial charge < -0.3 is 14.8 Å². The lowest BCUT2D eigenvalue weighted by Gasteiger charge is -2.12. The van der Waals surface area contributed by atoms with Crippen LogP contribution in [0.4, 0.5) is 0 Å². The first kappa shape index (κ1) is 13.9. The van der Waals surface area contributed by atoms with E-state index >= 15 is 0 Å². The average Bonchev–Trinajstić information content (AvgIpc) is 2.62. The van der Waals surface area contributed by atoms with Gasteiger partial charge in [0.15, 0.2) is 11.5 Å². The van der Waals surface area contributed by atoms with E-state index in [0.29, 0.717) is 5.92 Å². The van der Waals surface area contributed by atoms with Crippen LogP contribution in [-0.4, -0.2) is 26.8 Å². The Morgan fingerprint density at radius 3 is 2.68 bits per heavy atom. The average molecular weight is 261 g/mol. The molecule has 0 radical (unpaired) electrons. The zero-order valence-corrected chi connectivity index (χ0v) is 12.0. The van der Waals surface area contributed by atoms with Crippen LogP contribution < -0.4 is 14.8 Å². The number of benzene rings is 1. The summed E-state index contributed by atoms with van der Waals surface area (Å²) in [5.74, 6) is 2.25. The lowest BCUT2D eigenvalue weighted by Crippen LogP contribution is -2.13. The monoisotopic (exact) mass is 261 g/mol. The third kappa shape index (κ3) is 3.74. The Balaban J connectivity index is 2.25. The maximum absolute atomic E-state index is 5.72. The van der Waals surface area contributed by atoms with Crippen molar-refractivity contribution < 1.29 is 9.47 Å². The molecule has 0 bridgehead atoms. The van der Waals surface area contributed by atoms with Gasteiger partial charge in [-0.3, -0.25) is 0 Å². The molecule has 2 rings (SSSR count). The summed E-state index contributed by atoms with van der Waals surface area (Å²) in [4.78, 5) is 0. The summed E-state index contributed by atoms with van der Waals surface area (Å²) in [6.45, 7) is 6.80. The zero-order chi connectivity index (χ0) is 13.7. The predicted octanol–water partition coefficient (Wildman–Crippen LogP) is 3.11. The second-order valence-electron chi connectivity index (χ2n) is 5.16. The molecule has 19 heavy (non-hydrogen) atoms. The summed E-state index contributed by atoms with van der Waals surface area (Å²) in [5.41, 5.74) is 2.56. The molecule has 3 nitrogen and oxygen atoms in total. The van der Waals surface area contributed by atoms with E-state index in [9.17, 15) is 0 Å². The highest BCUT2D eigenvalue weighted by molar-refractivity contribution is 5.58. The van der Waals surface area contributed by atoms with Gasteiger partial charge in [0, 0.05) is 13.0 Å². The first-order valence-electron chi connectivity index (χ1n) is 6.95. The molecule has 1 aromatic carbocycles. The van der Waals surface area contributed by atoms with Gasteiger partial charge in [-0.25, -0.2) is 0 Å². The quantitative estimate of drug-likeness (QED) is 0.903. The molecule has 0 spiro atoms. The Morgan fingerprint density at radius 1 is 1.26 bits per heavy atom. The number of likely N-dealkylation sites (N-methyl/N-ethyl adjacent to an activating group) is 1. The summed E-state index contributed by atoms with van der Waals surface area (Å²) < 4.78 is 11.4. The highest BCUT2D eigenvalue weighted by Gasteiger charge is 2.10. The normalized spacial score (nSPS) is 15.5. The maximum Gasteiger partial charge on any atom is 0.161 e. The number of rotatable bonds is 4. The van der Waals surface area contributed by atoms with Crippen molar-refractivity contribution in [2.24, 2.45) is 5.92 Å². The van der Waals surface area contributed by atoms with Gasteiger partial charge in [0.05, 0.1) is 13.2 Å².